The molecule has 2 aromatic rings. The van der Waals surface area contributed by atoms with E-state index in [0.29, 0.717) is 5.69 Å². The second-order valence-corrected chi connectivity index (χ2v) is 6.80. The molecule has 0 fully saturated rings. The first kappa shape index (κ1) is 15.0. The number of ether oxygens (including phenoxy) is 1. The van der Waals surface area contributed by atoms with E-state index in [4.69, 9.17) is 4.74 Å². The molecule has 0 aromatic heterocycles. The molecule has 0 aliphatic heterocycles. The highest BCUT2D eigenvalue weighted by atomic mass is 127. The molecule has 4 nitrogen and oxygen atoms in total. The summed E-state index contributed by atoms with van der Waals surface area (Å²) in [5.41, 5.74) is 0.400. The van der Waals surface area contributed by atoms with Crippen LogP contribution in [-0.2, 0) is 10.0 Å². The fraction of sp³-hybridized carbons (Fsp3) is 0.0769. The van der Waals surface area contributed by atoms with Crippen molar-refractivity contribution in [3.05, 3.63) is 51.9 Å². The molecule has 106 valence electrons. The van der Waals surface area contributed by atoms with Crippen molar-refractivity contribution >= 4 is 38.3 Å². The number of methoxy groups -OCH3 is 1. The van der Waals surface area contributed by atoms with Crippen molar-refractivity contribution in [1.29, 1.82) is 0 Å². The molecule has 0 atom stereocenters. The van der Waals surface area contributed by atoms with Crippen LogP contribution >= 0.6 is 22.6 Å². The maximum atomic E-state index is 13.3. The highest BCUT2D eigenvalue weighted by Crippen LogP contribution is 2.26. The molecular weight excluding hydrogens is 396 g/mol. The molecule has 0 aliphatic carbocycles. The second-order valence-electron chi connectivity index (χ2n) is 3.91. The Morgan fingerprint density at radius 3 is 2.40 bits per heavy atom. The fourth-order valence-corrected chi connectivity index (χ4v) is 3.19. The van der Waals surface area contributed by atoms with E-state index in [-0.39, 0.29) is 10.6 Å². The molecule has 0 heterocycles. The second kappa shape index (κ2) is 5.96. The average Bonchev–Trinajstić information content (AvgIpc) is 2.41. The van der Waals surface area contributed by atoms with E-state index in [1.54, 1.807) is 24.3 Å². The number of hydrogen-bond donors (Lipinski definition) is 1. The molecule has 0 amide bonds. The molecule has 2 aromatic carbocycles. The monoisotopic (exact) mass is 407 g/mol. The van der Waals surface area contributed by atoms with Gasteiger partial charge in [0.2, 0.25) is 0 Å². The number of rotatable bonds is 4. The molecule has 0 unspecified atom stereocenters. The minimum absolute atomic E-state index is 0.0874. The number of nitrogens with one attached hydrogen (secondary N) is 1. The summed E-state index contributed by atoms with van der Waals surface area (Å²) in [6.07, 6.45) is 0. The average molecular weight is 407 g/mol. The zero-order valence-electron chi connectivity index (χ0n) is 10.4. The van der Waals surface area contributed by atoms with E-state index in [2.05, 4.69) is 27.3 Å². The lowest BCUT2D eigenvalue weighted by Gasteiger charge is -2.11. The first-order valence-corrected chi connectivity index (χ1v) is 8.10. The van der Waals surface area contributed by atoms with Gasteiger partial charge in [0.15, 0.2) is 0 Å². The largest absolute Gasteiger partial charge is 0.495 e. The maximum Gasteiger partial charge on any atom is 0.265 e. The van der Waals surface area contributed by atoms with E-state index in [9.17, 15) is 12.8 Å². The van der Waals surface area contributed by atoms with Gasteiger partial charge in [-0.05, 0) is 65.1 Å². The fourth-order valence-electron chi connectivity index (χ4n) is 1.59. The van der Waals surface area contributed by atoms with Gasteiger partial charge in [-0.2, -0.15) is 0 Å². The van der Waals surface area contributed by atoms with Crippen molar-refractivity contribution in [3.63, 3.8) is 0 Å². The summed E-state index contributed by atoms with van der Waals surface area (Å²) in [4.78, 5) is -0.237. The molecular formula is C13H11FINO3S. The van der Waals surface area contributed by atoms with E-state index in [1.807, 2.05) is 0 Å². The summed E-state index contributed by atoms with van der Waals surface area (Å²) in [6, 6.07) is 10.1. The zero-order chi connectivity index (χ0) is 14.8. The lowest BCUT2D eigenvalue weighted by atomic mass is 10.3. The van der Waals surface area contributed by atoms with Crippen LogP contribution in [0.2, 0.25) is 0 Å². The number of sulfonamides is 1. The molecule has 2 rings (SSSR count). The Balaban J connectivity index is 2.40. The molecule has 0 saturated heterocycles. The third kappa shape index (κ3) is 3.40. The maximum absolute atomic E-state index is 13.3. The predicted octanol–water partition coefficient (Wildman–Crippen LogP) is 3.24. The van der Waals surface area contributed by atoms with E-state index in [0.717, 1.165) is 15.7 Å². The van der Waals surface area contributed by atoms with Crippen LogP contribution in [-0.4, -0.2) is 15.5 Å². The summed E-state index contributed by atoms with van der Waals surface area (Å²) >= 11 is 2.11. The van der Waals surface area contributed by atoms with Crippen molar-refractivity contribution in [3.8, 4) is 5.75 Å². The van der Waals surface area contributed by atoms with Crippen LogP contribution in [0.5, 0.6) is 5.75 Å². The Morgan fingerprint density at radius 2 is 1.80 bits per heavy atom. The Kier molecular flexibility index (Phi) is 4.48. The number of halogens is 2. The lowest BCUT2D eigenvalue weighted by molar-refractivity contribution is 0.401. The smallest absolute Gasteiger partial charge is 0.265 e. The van der Waals surface area contributed by atoms with Crippen molar-refractivity contribution in [1.82, 2.24) is 0 Å². The predicted molar refractivity (Wildman–Crippen MR) is 82.9 cm³/mol. The standard InChI is InChI=1S/C13H11FINO3S/c1-19-12-7-2-9(14)8-13(12)20(17,18)16-11-5-3-10(15)4-6-11/h2-8,16H,1H3. The molecule has 1 N–H and O–H groups in total. The summed E-state index contributed by atoms with van der Waals surface area (Å²) in [6.45, 7) is 0. The minimum Gasteiger partial charge on any atom is -0.495 e. The van der Waals surface area contributed by atoms with E-state index in [1.165, 1.54) is 13.2 Å². The van der Waals surface area contributed by atoms with E-state index >= 15 is 0 Å². The quantitative estimate of drug-likeness (QED) is 0.792. The van der Waals surface area contributed by atoms with Gasteiger partial charge in [0.25, 0.3) is 10.0 Å². The van der Waals surface area contributed by atoms with Gasteiger partial charge in [0.1, 0.15) is 16.5 Å². The summed E-state index contributed by atoms with van der Waals surface area (Å²) in [5.74, 6) is -0.557. The molecule has 7 heteroatoms. The highest BCUT2D eigenvalue weighted by Gasteiger charge is 2.20. The van der Waals surface area contributed by atoms with Crippen LogP contribution in [0.25, 0.3) is 0 Å². The van der Waals surface area contributed by atoms with Gasteiger partial charge in [0, 0.05) is 9.26 Å². The van der Waals surface area contributed by atoms with Gasteiger partial charge >= 0.3 is 0 Å². The van der Waals surface area contributed by atoms with Crippen LogP contribution in [0.4, 0.5) is 10.1 Å². The van der Waals surface area contributed by atoms with Crippen LogP contribution < -0.4 is 9.46 Å². The Labute approximate surface area is 130 Å². The topological polar surface area (TPSA) is 55.4 Å². The van der Waals surface area contributed by atoms with Gasteiger partial charge in [-0.1, -0.05) is 0 Å². The first-order valence-electron chi connectivity index (χ1n) is 5.54. The molecule has 0 spiro atoms. The van der Waals surface area contributed by atoms with Gasteiger partial charge in [0.05, 0.1) is 7.11 Å². The van der Waals surface area contributed by atoms with Gasteiger partial charge in [-0.3, -0.25) is 4.72 Å². The van der Waals surface area contributed by atoms with E-state index < -0.39 is 15.8 Å². The number of anilines is 1. The third-order valence-electron chi connectivity index (χ3n) is 2.51. The van der Waals surface area contributed by atoms with Gasteiger partial charge in [-0.25, -0.2) is 12.8 Å². The van der Waals surface area contributed by atoms with Crippen molar-refractivity contribution in [2.45, 2.75) is 4.90 Å². The highest BCUT2D eigenvalue weighted by molar-refractivity contribution is 14.1. The Bertz CT molecular complexity index is 717. The lowest BCUT2D eigenvalue weighted by Crippen LogP contribution is -2.14. The number of benzene rings is 2. The van der Waals surface area contributed by atoms with Crippen LogP contribution in [0, 0.1) is 9.39 Å². The number of hydrogen-bond acceptors (Lipinski definition) is 3. The molecule has 0 aliphatic rings. The van der Waals surface area contributed by atoms with Crippen molar-refractivity contribution in [2.75, 3.05) is 11.8 Å². The van der Waals surface area contributed by atoms with Crippen LogP contribution in [0.15, 0.2) is 47.4 Å². The molecule has 0 saturated carbocycles. The van der Waals surface area contributed by atoms with Crippen molar-refractivity contribution in [2.24, 2.45) is 0 Å². The first-order chi connectivity index (χ1) is 9.42. The molecule has 0 bridgehead atoms. The minimum atomic E-state index is -3.91. The summed E-state index contributed by atoms with van der Waals surface area (Å²) in [5, 5.41) is 0. The molecule has 20 heavy (non-hydrogen) atoms. The van der Waals surface area contributed by atoms with Gasteiger partial charge in [-0.15, -0.1) is 0 Å². The van der Waals surface area contributed by atoms with Crippen molar-refractivity contribution < 1.29 is 17.5 Å². The normalized spacial score (nSPS) is 11.2. The summed E-state index contributed by atoms with van der Waals surface area (Å²) < 4.78 is 46.1. The molecule has 0 radical (unpaired) electrons. The van der Waals surface area contributed by atoms with Crippen LogP contribution in [0.1, 0.15) is 0 Å². The van der Waals surface area contributed by atoms with Crippen LogP contribution in [0.3, 0.4) is 0 Å². The Hall–Kier alpha value is -1.35. The van der Waals surface area contributed by atoms with Gasteiger partial charge < -0.3 is 4.74 Å². The summed E-state index contributed by atoms with van der Waals surface area (Å²) in [7, 11) is -2.58. The zero-order valence-corrected chi connectivity index (χ0v) is 13.4. The Morgan fingerprint density at radius 1 is 1.15 bits per heavy atom. The third-order valence-corrected chi connectivity index (χ3v) is 4.63. The SMILES string of the molecule is COc1ccc(F)cc1S(=O)(=O)Nc1ccc(I)cc1.